The summed E-state index contributed by atoms with van der Waals surface area (Å²) >= 11 is 0. The van der Waals surface area contributed by atoms with Gasteiger partial charge in [0.2, 0.25) is 0 Å². The van der Waals surface area contributed by atoms with E-state index in [0.29, 0.717) is 5.69 Å². The van der Waals surface area contributed by atoms with Gasteiger partial charge in [-0.2, -0.15) is 0 Å². The van der Waals surface area contributed by atoms with Crippen molar-refractivity contribution >= 4 is 0 Å². The van der Waals surface area contributed by atoms with Crippen molar-refractivity contribution in [1.82, 2.24) is 4.98 Å². The average Bonchev–Trinajstić information content (AvgIpc) is 2.28. The molecule has 2 nitrogen and oxygen atoms in total. The minimum Gasteiger partial charge on any atom is -0.382 e. The molecule has 0 aliphatic carbocycles. The molecule has 1 heterocycles. The minimum absolute atomic E-state index is 0.639. The number of benzene rings is 1. The molecule has 0 amide bonds. The normalized spacial score (nSPS) is 12.4. The van der Waals surface area contributed by atoms with Gasteiger partial charge >= 0.3 is 0 Å². The van der Waals surface area contributed by atoms with Crippen LogP contribution in [-0.4, -0.2) is 10.1 Å². The number of rotatable bonds is 2. The van der Waals surface area contributed by atoms with Crippen molar-refractivity contribution in [2.45, 2.75) is 20.0 Å². The maximum atomic E-state index is 10.2. The second kappa shape index (κ2) is 4.45. The van der Waals surface area contributed by atoms with Crippen LogP contribution in [0.3, 0.4) is 0 Å². The van der Waals surface area contributed by atoms with Gasteiger partial charge in [0.05, 0.1) is 5.69 Å². The first kappa shape index (κ1) is 10.8. The van der Waals surface area contributed by atoms with Crippen molar-refractivity contribution in [2.75, 3.05) is 0 Å². The van der Waals surface area contributed by atoms with E-state index in [-0.39, 0.29) is 0 Å². The fourth-order valence-electron chi connectivity index (χ4n) is 1.88. The second-order valence-corrected chi connectivity index (χ2v) is 4.08. The third-order valence-electron chi connectivity index (χ3n) is 2.53. The van der Waals surface area contributed by atoms with Crippen LogP contribution in [0.1, 0.15) is 28.5 Å². The number of hydrogen-bond acceptors (Lipinski definition) is 2. The highest BCUT2D eigenvalue weighted by molar-refractivity contribution is 5.33. The summed E-state index contributed by atoms with van der Waals surface area (Å²) in [5.74, 6) is 0. The molecule has 2 aromatic rings. The van der Waals surface area contributed by atoms with Crippen LogP contribution in [0.5, 0.6) is 0 Å². The third kappa shape index (κ3) is 2.28. The first-order valence-corrected chi connectivity index (χ1v) is 5.34. The zero-order valence-electron chi connectivity index (χ0n) is 9.51. The molecular weight excluding hydrogens is 198 g/mol. The van der Waals surface area contributed by atoms with Gasteiger partial charge in [-0.1, -0.05) is 35.4 Å². The van der Waals surface area contributed by atoms with E-state index in [0.717, 1.165) is 16.7 Å². The highest BCUT2D eigenvalue weighted by Gasteiger charge is 2.11. The molecule has 1 aromatic carbocycles. The van der Waals surface area contributed by atoms with Crippen LogP contribution in [0.4, 0.5) is 0 Å². The predicted molar refractivity (Wildman–Crippen MR) is 64.2 cm³/mol. The quantitative estimate of drug-likeness (QED) is 0.832. The van der Waals surface area contributed by atoms with Crippen LogP contribution < -0.4 is 0 Å². The molecule has 1 atom stereocenters. The van der Waals surface area contributed by atoms with E-state index in [1.807, 2.05) is 44.2 Å². The Bertz CT molecular complexity index is 459. The zero-order chi connectivity index (χ0) is 11.5. The molecule has 0 spiro atoms. The molecule has 0 radical (unpaired) electrons. The van der Waals surface area contributed by atoms with E-state index in [9.17, 15) is 5.11 Å². The number of hydrogen-bond donors (Lipinski definition) is 1. The Balaban J connectivity index is 2.37. The molecule has 2 rings (SSSR count). The van der Waals surface area contributed by atoms with Crippen LogP contribution in [0.15, 0.2) is 42.6 Å². The lowest BCUT2D eigenvalue weighted by molar-refractivity contribution is 0.215. The molecule has 82 valence electrons. The lowest BCUT2D eigenvalue weighted by Gasteiger charge is -2.12. The first-order chi connectivity index (χ1) is 7.66. The van der Waals surface area contributed by atoms with Gasteiger partial charge in [-0.05, 0) is 31.5 Å². The number of aliphatic hydroxyl groups excluding tert-OH is 1. The molecular formula is C14H15NO. The van der Waals surface area contributed by atoms with Gasteiger partial charge in [-0.3, -0.25) is 4.98 Å². The molecule has 0 saturated carbocycles. The smallest absolute Gasteiger partial charge is 0.121 e. The maximum absolute atomic E-state index is 10.2. The summed E-state index contributed by atoms with van der Waals surface area (Å²) in [7, 11) is 0. The predicted octanol–water partition coefficient (Wildman–Crippen LogP) is 2.78. The monoisotopic (exact) mass is 213 g/mol. The van der Waals surface area contributed by atoms with Gasteiger partial charge in [0.15, 0.2) is 0 Å². The number of nitrogens with zero attached hydrogens (tertiary/aromatic N) is 1. The Labute approximate surface area is 95.6 Å². The van der Waals surface area contributed by atoms with E-state index in [4.69, 9.17) is 0 Å². The van der Waals surface area contributed by atoms with E-state index in [2.05, 4.69) is 11.1 Å². The number of aliphatic hydroxyl groups is 1. The molecule has 16 heavy (non-hydrogen) atoms. The number of pyridine rings is 1. The van der Waals surface area contributed by atoms with Gasteiger partial charge in [0.1, 0.15) is 6.10 Å². The largest absolute Gasteiger partial charge is 0.382 e. The van der Waals surface area contributed by atoms with Crippen LogP contribution in [-0.2, 0) is 0 Å². The van der Waals surface area contributed by atoms with E-state index >= 15 is 0 Å². The number of aromatic nitrogens is 1. The standard InChI is InChI=1S/C14H15NO/c1-10-7-11(2)9-12(8-10)14(16)13-5-3-4-6-15-13/h3-9,14,16H,1-2H3. The first-order valence-electron chi connectivity index (χ1n) is 5.34. The van der Waals surface area contributed by atoms with Crippen molar-refractivity contribution in [3.63, 3.8) is 0 Å². The highest BCUT2D eigenvalue weighted by atomic mass is 16.3. The van der Waals surface area contributed by atoms with Crippen LogP contribution in [0.2, 0.25) is 0 Å². The van der Waals surface area contributed by atoms with E-state index in [1.165, 1.54) is 0 Å². The molecule has 0 saturated heterocycles. The van der Waals surface area contributed by atoms with Crippen molar-refractivity contribution in [2.24, 2.45) is 0 Å². The van der Waals surface area contributed by atoms with Crippen molar-refractivity contribution in [3.05, 3.63) is 65.0 Å². The van der Waals surface area contributed by atoms with Crippen molar-refractivity contribution in [3.8, 4) is 0 Å². The molecule has 2 heteroatoms. The highest BCUT2D eigenvalue weighted by Crippen LogP contribution is 2.21. The lowest BCUT2D eigenvalue weighted by Crippen LogP contribution is -2.02. The van der Waals surface area contributed by atoms with Gasteiger partial charge in [-0.25, -0.2) is 0 Å². The molecule has 1 unspecified atom stereocenters. The molecule has 0 aliphatic heterocycles. The lowest BCUT2D eigenvalue weighted by atomic mass is 10.0. The molecule has 1 aromatic heterocycles. The Morgan fingerprint density at radius 1 is 1.06 bits per heavy atom. The zero-order valence-corrected chi connectivity index (χ0v) is 9.51. The summed E-state index contributed by atoms with van der Waals surface area (Å²) in [6, 6.07) is 11.6. The van der Waals surface area contributed by atoms with Crippen LogP contribution >= 0.6 is 0 Å². The third-order valence-corrected chi connectivity index (χ3v) is 2.53. The van der Waals surface area contributed by atoms with E-state index in [1.54, 1.807) is 6.20 Å². The molecule has 0 bridgehead atoms. The summed E-state index contributed by atoms with van der Waals surface area (Å²) in [6.45, 7) is 4.06. The summed E-state index contributed by atoms with van der Waals surface area (Å²) < 4.78 is 0. The Morgan fingerprint density at radius 3 is 2.31 bits per heavy atom. The molecule has 0 fully saturated rings. The summed E-state index contributed by atoms with van der Waals surface area (Å²) in [6.07, 6.45) is 1.06. The van der Waals surface area contributed by atoms with Crippen molar-refractivity contribution in [1.29, 1.82) is 0 Å². The fraction of sp³-hybridized carbons (Fsp3) is 0.214. The Morgan fingerprint density at radius 2 is 1.75 bits per heavy atom. The molecule has 1 N–H and O–H groups in total. The minimum atomic E-state index is -0.639. The van der Waals surface area contributed by atoms with Gasteiger partial charge in [-0.15, -0.1) is 0 Å². The summed E-state index contributed by atoms with van der Waals surface area (Å²) in [5.41, 5.74) is 3.90. The van der Waals surface area contributed by atoms with Gasteiger partial charge in [0.25, 0.3) is 0 Å². The van der Waals surface area contributed by atoms with Gasteiger partial charge < -0.3 is 5.11 Å². The number of aryl methyl sites for hydroxylation is 2. The summed E-state index contributed by atoms with van der Waals surface area (Å²) in [4.78, 5) is 4.16. The topological polar surface area (TPSA) is 33.1 Å². The SMILES string of the molecule is Cc1cc(C)cc(C(O)c2ccccn2)c1. The van der Waals surface area contributed by atoms with Gasteiger partial charge in [0, 0.05) is 6.20 Å². The second-order valence-electron chi connectivity index (χ2n) is 4.08. The fourth-order valence-corrected chi connectivity index (χ4v) is 1.88. The maximum Gasteiger partial charge on any atom is 0.121 e. The Kier molecular flexibility index (Phi) is 3.02. The van der Waals surface area contributed by atoms with Crippen molar-refractivity contribution < 1.29 is 5.11 Å². The molecule has 0 aliphatic rings. The Hall–Kier alpha value is -1.67. The summed E-state index contributed by atoms with van der Waals surface area (Å²) in [5, 5.41) is 10.2. The van der Waals surface area contributed by atoms with E-state index < -0.39 is 6.10 Å². The average molecular weight is 213 g/mol. The van der Waals surface area contributed by atoms with Crippen LogP contribution in [0.25, 0.3) is 0 Å². The van der Waals surface area contributed by atoms with Crippen LogP contribution in [0, 0.1) is 13.8 Å².